The standard InChI is InChI=1S/C22H33NO6/c1-6-19(24)28-21(15(4)5)29-22(27)23-13-18(20(25)26)12-17-9-7-8-16(11-17)10-14(2)3/h7-9,11,14-15,18,21H,6,10,12-13H2,1-5H3,(H,23,27)(H,25,26)/t18-,21-/m0/s1. The molecule has 1 aromatic carbocycles. The molecule has 0 fully saturated rings. The predicted molar refractivity (Wildman–Crippen MR) is 109 cm³/mol. The highest BCUT2D eigenvalue weighted by molar-refractivity contribution is 5.73. The molecule has 29 heavy (non-hydrogen) atoms. The van der Waals surface area contributed by atoms with Crippen LogP contribution in [-0.4, -0.2) is 36.0 Å². The highest BCUT2D eigenvalue weighted by Gasteiger charge is 2.24. The van der Waals surface area contributed by atoms with Crippen LogP contribution in [0, 0.1) is 17.8 Å². The summed E-state index contributed by atoms with van der Waals surface area (Å²) in [7, 11) is 0. The van der Waals surface area contributed by atoms with Crippen molar-refractivity contribution in [2.75, 3.05) is 6.54 Å². The highest BCUT2D eigenvalue weighted by atomic mass is 16.7. The van der Waals surface area contributed by atoms with Crippen molar-refractivity contribution in [3.63, 3.8) is 0 Å². The molecule has 1 amide bonds. The summed E-state index contributed by atoms with van der Waals surface area (Å²) >= 11 is 0. The number of aliphatic carboxylic acids is 1. The fourth-order valence-electron chi connectivity index (χ4n) is 2.75. The Balaban J connectivity index is 2.67. The van der Waals surface area contributed by atoms with Gasteiger partial charge in [-0.2, -0.15) is 0 Å². The molecule has 0 aliphatic rings. The Kier molecular flexibility index (Phi) is 10.2. The van der Waals surface area contributed by atoms with Gasteiger partial charge in [0.15, 0.2) is 0 Å². The smallest absolute Gasteiger partial charge is 0.410 e. The SMILES string of the molecule is CCC(=O)O[C@@H](OC(=O)NC[C@H](Cc1cccc(CC(C)C)c1)C(=O)O)C(C)C. The topological polar surface area (TPSA) is 102 Å². The van der Waals surface area contributed by atoms with Gasteiger partial charge in [-0.25, -0.2) is 4.79 Å². The zero-order chi connectivity index (χ0) is 22.0. The average molecular weight is 408 g/mol. The molecule has 0 aliphatic carbocycles. The van der Waals surface area contributed by atoms with Crippen molar-refractivity contribution in [3.8, 4) is 0 Å². The number of esters is 1. The van der Waals surface area contributed by atoms with Crippen molar-refractivity contribution in [3.05, 3.63) is 35.4 Å². The first-order valence-corrected chi connectivity index (χ1v) is 10.1. The number of ether oxygens (including phenoxy) is 2. The van der Waals surface area contributed by atoms with Crippen molar-refractivity contribution in [2.24, 2.45) is 17.8 Å². The Morgan fingerprint density at radius 1 is 1.03 bits per heavy atom. The molecule has 162 valence electrons. The molecule has 2 N–H and O–H groups in total. The monoisotopic (exact) mass is 407 g/mol. The first kappa shape index (κ1) is 24.5. The second-order valence-electron chi connectivity index (χ2n) is 7.90. The Morgan fingerprint density at radius 3 is 2.17 bits per heavy atom. The summed E-state index contributed by atoms with van der Waals surface area (Å²) in [6.45, 7) is 9.33. The van der Waals surface area contributed by atoms with Gasteiger partial charge in [0.1, 0.15) is 0 Å². The summed E-state index contributed by atoms with van der Waals surface area (Å²) in [5.41, 5.74) is 2.06. The molecule has 0 saturated carbocycles. The number of rotatable bonds is 11. The van der Waals surface area contributed by atoms with E-state index in [1.54, 1.807) is 20.8 Å². The average Bonchev–Trinajstić information content (AvgIpc) is 2.63. The van der Waals surface area contributed by atoms with Gasteiger partial charge in [0.05, 0.1) is 5.92 Å². The Morgan fingerprint density at radius 2 is 1.66 bits per heavy atom. The van der Waals surface area contributed by atoms with E-state index in [4.69, 9.17) is 9.47 Å². The van der Waals surface area contributed by atoms with Crippen LogP contribution in [0.4, 0.5) is 4.79 Å². The summed E-state index contributed by atoms with van der Waals surface area (Å²) in [4.78, 5) is 35.1. The normalized spacial score (nSPS) is 13.1. The number of carbonyl (C=O) groups is 3. The number of hydrogen-bond acceptors (Lipinski definition) is 5. The van der Waals surface area contributed by atoms with Gasteiger partial charge in [-0.1, -0.05) is 58.9 Å². The molecule has 0 aliphatic heterocycles. The van der Waals surface area contributed by atoms with Crippen LogP contribution in [0.1, 0.15) is 52.2 Å². The molecule has 1 aromatic rings. The molecule has 0 saturated heterocycles. The molecule has 2 atom stereocenters. The lowest BCUT2D eigenvalue weighted by atomic mass is 9.95. The zero-order valence-corrected chi connectivity index (χ0v) is 17.9. The third-order valence-corrected chi connectivity index (χ3v) is 4.26. The van der Waals surface area contributed by atoms with Gasteiger partial charge >= 0.3 is 18.0 Å². The first-order valence-electron chi connectivity index (χ1n) is 10.1. The molecule has 7 heteroatoms. The minimum absolute atomic E-state index is 0.0882. The van der Waals surface area contributed by atoms with E-state index >= 15 is 0 Å². The van der Waals surface area contributed by atoms with Gasteiger partial charge < -0.3 is 19.9 Å². The number of amides is 1. The van der Waals surface area contributed by atoms with Crippen molar-refractivity contribution >= 4 is 18.0 Å². The lowest BCUT2D eigenvalue weighted by molar-refractivity contribution is -0.174. The lowest BCUT2D eigenvalue weighted by Crippen LogP contribution is -2.38. The molecular formula is C22H33NO6. The first-order chi connectivity index (χ1) is 13.6. The second-order valence-corrected chi connectivity index (χ2v) is 7.90. The zero-order valence-electron chi connectivity index (χ0n) is 17.9. The maximum Gasteiger partial charge on any atom is 0.410 e. The largest absolute Gasteiger partial charge is 0.481 e. The van der Waals surface area contributed by atoms with Gasteiger partial charge in [0, 0.05) is 18.9 Å². The van der Waals surface area contributed by atoms with Crippen LogP contribution in [0.5, 0.6) is 0 Å². The van der Waals surface area contributed by atoms with E-state index in [-0.39, 0.29) is 18.9 Å². The van der Waals surface area contributed by atoms with Crippen molar-refractivity contribution in [2.45, 2.75) is 60.2 Å². The third kappa shape index (κ3) is 9.45. The molecular weight excluding hydrogens is 374 g/mol. The summed E-state index contributed by atoms with van der Waals surface area (Å²) in [6, 6.07) is 7.84. The molecule has 0 unspecified atom stereocenters. The van der Waals surface area contributed by atoms with Crippen molar-refractivity contribution in [1.29, 1.82) is 0 Å². The van der Waals surface area contributed by atoms with E-state index in [9.17, 15) is 19.5 Å². The van der Waals surface area contributed by atoms with Crippen LogP contribution < -0.4 is 5.32 Å². The molecule has 0 heterocycles. The number of hydrogen-bond donors (Lipinski definition) is 2. The molecule has 0 aromatic heterocycles. The number of carboxylic acid groups (broad SMARTS) is 1. The summed E-state index contributed by atoms with van der Waals surface area (Å²) < 4.78 is 10.2. The third-order valence-electron chi connectivity index (χ3n) is 4.26. The number of carbonyl (C=O) groups excluding carboxylic acids is 2. The molecule has 0 spiro atoms. The number of nitrogens with one attached hydrogen (secondary N) is 1. The predicted octanol–water partition coefficient (Wildman–Crippen LogP) is 3.79. The van der Waals surface area contributed by atoms with E-state index < -0.39 is 30.2 Å². The quantitative estimate of drug-likeness (QED) is 0.427. The van der Waals surface area contributed by atoms with Crippen LogP contribution in [-0.2, 0) is 31.9 Å². The van der Waals surface area contributed by atoms with E-state index in [1.165, 1.54) is 0 Å². The van der Waals surface area contributed by atoms with Crippen LogP contribution in [0.25, 0.3) is 0 Å². The Labute approximate surface area is 172 Å². The second kappa shape index (κ2) is 12.1. The number of carboxylic acids is 1. The van der Waals surface area contributed by atoms with Crippen LogP contribution in [0.2, 0.25) is 0 Å². The lowest BCUT2D eigenvalue weighted by Gasteiger charge is -2.22. The van der Waals surface area contributed by atoms with Crippen molar-refractivity contribution in [1.82, 2.24) is 5.32 Å². The minimum Gasteiger partial charge on any atom is -0.481 e. The molecule has 7 nitrogen and oxygen atoms in total. The van der Waals surface area contributed by atoms with Crippen LogP contribution in [0.15, 0.2) is 24.3 Å². The summed E-state index contributed by atoms with van der Waals surface area (Å²) in [6.07, 6.45) is -0.445. The van der Waals surface area contributed by atoms with Gasteiger partial charge in [0.25, 0.3) is 6.29 Å². The highest BCUT2D eigenvalue weighted by Crippen LogP contribution is 2.15. The van der Waals surface area contributed by atoms with Gasteiger partial charge in [0.2, 0.25) is 0 Å². The van der Waals surface area contributed by atoms with E-state index in [0.717, 1.165) is 17.5 Å². The van der Waals surface area contributed by atoms with Gasteiger partial charge in [-0.15, -0.1) is 0 Å². The fraction of sp³-hybridized carbons (Fsp3) is 0.591. The molecule has 1 rings (SSSR count). The maximum absolute atomic E-state index is 12.1. The Hall–Kier alpha value is -2.57. The number of alkyl carbamates (subject to hydrolysis) is 1. The van der Waals surface area contributed by atoms with E-state index in [0.29, 0.717) is 12.3 Å². The van der Waals surface area contributed by atoms with Crippen molar-refractivity contribution < 1.29 is 29.0 Å². The van der Waals surface area contributed by atoms with Gasteiger partial charge in [-0.3, -0.25) is 9.59 Å². The summed E-state index contributed by atoms with van der Waals surface area (Å²) in [5, 5.41) is 12.0. The Bertz CT molecular complexity index is 686. The van der Waals surface area contributed by atoms with Gasteiger partial charge in [-0.05, 0) is 29.9 Å². The summed E-state index contributed by atoms with van der Waals surface area (Å²) in [5.74, 6) is -1.99. The molecule has 0 bridgehead atoms. The fourth-order valence-corrected chi connectivity index (χ4v) is 2.75. The van der Waals surface area contributed by atoms with Crippen LogP contribution >= 0.6 is 0 Å². The number of benzene rings is 1. The maximum atomic E-state index is 12.1. The van der Waals surface area contributed by atoms with E-state index in [2.05, 4.69) is 19.2 Å². The van der Waals surface area contributed by atoms with E-state index in [1.807, 2.05) is 24.3 Å². The van der Waals surface area contributed by atoms with Crippen LogP contribution in [0.3, 0.4) is 0 Å². The molecule has 0 radical (unpaired) electrons. The minimum atomic E-state index is -1.02.